The van der Waals surface area contributed by atoms with Gasteiger partial charge in [0.25, 0.3) is 5.91 Å². The normalized spacial score (nSPS) is 13.6. The summed E-state index contributed by atoms with van der Waals surface area (Å²) in [5.74, 6) is 0.299. The minimum atomic E-state index is -0.295. The van der Waals surface area contributed by atoms with Crippen molar-refractivity contribution >= 4 is 11.6 Å². The number of fused-ring (bicyclic) bond motifs is 1. The van der Waals surface area contributed by atoms with E-state index in [1.54, 1.807) is 11.0 Å². The van der Waals surface area contributed by atoms with E-state index in [0.29, 0.717) is 23.6 Å². The summed E-state index contributed by atoms with van der Waals surface area (Å²) in [4.78, 5) is 20.1. The second kappa shape index (κ2) is 8.19. The third-order valence-electron chi connectivity index (χ3n) is 5.53. The van der Waals surface area contributed by atoms with Gasteiger partial charge < -0.3 is 9.47 Å². The number of halogens is 1. The zero-order chi connectivity index (χ0) is 20.4. The number of imidazole rings is 1. The lowest BCUT2D eigenvalue weighted by molar-refractivity contribution is 0.0983. The second-order valence-corrected chi connectivity index (χ2v) is 7.59. The van der Waals surface area contributed by atoms with E-state index in [1.807, 2.05) is 44.2 Å². The monoisotopic (exact) mass is 391 g/mol. The molecule has 1 aliphatic rings. The lowest BCUT2D eigenvalue weighted by atomic mass is 10.1. The molecule has 0 fully saturated rings. The van der Waals surface area contributed by atoms with Crippen molar-refractivity contribution in [3.63, 3.8) is 0 Å². The lowest BCUT2D eigenvalue weighted by Crippen LogP contribution is -2.31. The molecule has 0 aliphatic carbocycles. The number of aromatic nitrogens is 2. The third kappa shape index (κ3) is 3.82. The molecule has 3 aromatic rings. The number of aryl methyl sites for hydroxylation is 1. The molecule has 5 heteroatoms. The minimum absolute atomic E-state index is 0.0913. The Bertz CT molecular complexity index is 1040. The number of rotatable bonds is 4. The first-order valence-corrected chi connectivity index (χ1v) is 10.3. The molecule has 0 unspecified atom stereocenters. The minimum Gasteiger partial charge on any atom is -0.327 e. The first-order chi connectivity index (χ1) is 14.1. The van der Waals surface area contributed by atoms with Crippen molar-refractivity contribution in [3.05, 3.63) is 71.3 Å². The molecule has 1 aromatic heterocycles. The van der Waals surface area contributed by atoms with Gasteiger partial charge in [0.1, 0.15) is 11.6 Å². The molecule has 0 saturated heterocycles. The fourth-order valence-corrected chi connectivity index (χ4v) is 4.11. The van der Waals surface area contributed by atoms with Gasteiger partial charge in [-0.25, -0.2) is 9.37 Å². The highest BCUT2D eigenvalue weighted by atomic mass is 19.1. The summed E-state index contributed by atoms with van der Waals surface area (Å²) in [7, 11) is 0. The largest absolute Gasteiger partial charge is 0.327 e. The van der Waals surface area contributed by atoms with Crippen LogP contribution in [0.15, 0.2) is 48.5 Å². The molecule has 4 nitrogen and oxygen atoms in total. The fourth-order valence-electron chi connectivity index (χ4n) is 4.11. The number of anilines is 1. The standard InChI is InChI=1S/C24H26FN3O/c1-3-27(20-12-7-9-17(2)15-20)24(29)22-21-13-5-4-6-14-28(21)23(26-22)18-10-8-11-19(25)16-18/h7-12,15-16H,3-6,13-14H2,1-2H3. The van der Waals surface area contributed by atoms with Crippen molar-refractivity contribution in [1.29, 1.82) is 0 Å². The predicted molar refractivity (Wildman–Crippen MR) is 114 cm³/mol. The van der Waals surface area contributed by atoms with Crippen LogP contribution in [0.3, 0.4) is 0 Å². The first-order valence-electron chi connectivity index (χ1n) is 10.3. The van der Waals surface area contributed by atoms with E-state index in [4.69, 9.17) is 4.98 Å². The van der Waals surface area contributed by atoms with Crippen molar-refractivity contribution in [2.24, 2.45) is 0 Å². The summed E-state index contributed by atoms with van der Waals surface area (Å²) in [6.07, 6.45) is 4.00. The van der Waals surface area contributed by atoms with Crippen molar-refractivity contribution in [1.82, 2.24) is 9.55 Å². The van der Waals surface area contributed by atoms with E-state index in [1.165, 1.54) is 12.1 Å². The number of carbonyl (C=O) groups is 1. The maximum absolute atomic E-state index is 13.9. The van der Waals surface area contributed by atoms with E-state index in [-0.39, 0.29) is 11.7 Å². The van der Waals surface area contributed by atoms with Crippen LogP contribution >= 0.6 is 0 Å². The molecular formula is C24H26FN3O. The van der Waals surface area contributed by atoms with Gasteiger partial charge in [-0.15, -0.1) is 0 Å². The Morgan fingerprint density at radius 1 is 1.14 bits per heavy atom. The molecule has 0 atom stereocenters. The van der Waals surface area contributed by atoms with Gasteiger partial charge in [-0.3, -0.25) is 4.79 Å². The molecule has 0 N–H and O–H groups in total. The van der Waals surface area contributed by atoms with Crippen LogP contribution in [0.5, 0.6) is 0 Å². The van der Waals surface area contributed by atoms with Crippen LogP contribution in [-0.2, 0) is 13.0 Å². The summed E-state index contributed by atoms with van der Waals surface area (Å²) in [5.41, 5.74) is 4.16. The number of benzene rings is 2. The molecule has 2 aromatic carbocycles. The fraction of sp³-hybridized carbons (Fsp3) is 0.333. The number of carbonyl (C=O) groups excluding carboxylic acids is 1. The van der Waals surface area contributed by atoms with Crippen molar-refractivity contribution in [3.8, 4) is 11.4 Å². The van der Waals surface area contributed by atoms with Crippen molar-refractivity contribution in [2.75, 3.05) is 11.4 Å². The lowest BCUT2D eigenvalue weighted by Gasteiger charge is -2.21. The summed E-state index contributed by atoms with van der Waals surface area (Å²) in [5, 5.41) is 0. The molecular weight excluding hydrogens is 365 g/mol. The molecule has 2 heterocycles. The highest BCUT2D eigenvalue weighted by molar-refractivity contribution is 6.06. The van der Waals surface area contributed by atoms with Crippen LogP contribution in [0.4, 0.5) is 10.1 Å². The topological polar surface area (TPSA) is 38.1 Å². The van der Waals surface area contributed by atoms with Crippen LogP contribution < -0.4 is 4.90 Å². The molecule has 150 valence electrons. The van der Waals surface area contributed by atoms with Crippen LogP contribution in [0.1, 0.15) is 47.9 Å². The van der Waals surface area contributed by atoms with Gasteiger partial charge in [0, 0.05) is 24.3 Å². The zero-order valence-corrected chi connectivity index (χ0v) is 17.0. The smallest absolute Gasteiger partial charge is 0.278 e. The highest BCUT2D eigenvalue weighted by Gasteiger charge is 2.27. The maximum Gasteiger partial charge on any atom is 0.278 e. The third-order valence-corrected chi connectivity index (χ3v) is 5.53. The van der Waals surface area contributed by atoms with Gasteiger partial charge in [0.15, 0.2) is 5.69 Å². The Morgan fingerprint density at radius 2 is 1.97 bits per heavy atom. The van der Waals surface area contributed by atoms with Gasteiger partial charge in [-0.1, -0.05) is 30.7 Å². The summed E-state index contributed by atoms with van der Waals surface area (Å²) in [6, 6.07) is 14.4. The molecule has 1 aliphatic heterocycles. The van der Waals surface area contributed by atoms with Crippen molar-refractivity contribution in [2.45, 2.75) is 46.1 Å². The van der Waals surface area contributed by atoms with Gasteiger partial charge in [-0.05, 0) is 62.9 Å². The molecule has 0 saturated carbocycles. The van der Waals surface area contributed by atoms with E-state index < -0.39 is 0 Å². The molecule has 0 radical (unpaired) electrons. The zero-order valence-electron chi connectivity index (χ0n) is 17.0. The van der Waals surface area contributed by atoms with Gasteiger partial charge in [0.05, 0.1) is 5.69 Å². The van der Waals surface area contributed by atoms with E-state index in [2.05, 4.69) is 4.57 Å². The molecule has 0 bridgehead atoms. The van der Waals surface area contributed by atoms with E-state index in [9.17, 15) is 9.18 Å². The van der Waals surface area contributed by atoms with Crippen LogP contribution in [0.2, 0.25) is 0 Å². The molecule has 0 spiro atoms. The summed E-state index contributed by atoms with van der Waals surface area (Å²) in [6.45, 7) is 5.36. The number of amides is 1. The highest BCUT2D eigenvalue weighted by Crippen LogP contribution is 2.29. The summed E-state index contributed by atoms with van der Waals surface area (Å²) < 4.78 is 16.0. The molecule has 1 amide bonds. The Morgan fingerprint density at radius 3 is 2.72 bits per heavy atom. The Labute approximate surface area is 171 Å². The molecule has 29 heavy (non-hydrogen) atoms. The van der Waals surface area contributed by atoms with Gasteiger partial charge in [-0.2, -0.15) is 0 Å². The Balaban J connectivity index is 1.81. The number of nitrogens with zero attached hydrogens (tertiary/aromatic N) is 3. The second-order valence-electron chi connectivity index (χ2n) is 7.59. The average Bonchev–Trinajstić information content (AvgIpc) is 2.89. The number of hydrogen-bond acceptors (Lipinski definition) is 2. The Hall–Kier alpha value is -2.95. The van der Waals surface area contributed by atoms with E-state index >= 15 is 0 Å². The SMILES string of the molecule is CCN(C(=O)c1nc(-c2cccc(F)c2)n2c1CCCCC2)c1cccc(C)c1. The first kappa shape index (κ1) is 19.4. The van der Waals surface area contributed by atoms with E-state index in [0.717, 1.165) is 49.2 Å². The number of hydrogen-bond donors (Lipinski definition) is 0. The summed E-state index contributed by atoms with van der Waals surface area (Å²) >= 11 is 0. The molecule has 4 rings (SSSR count). The van der Waals surface area contributed by atoms with Gasteiger partial charge >= 0.3 is 0 Å². The van der Waals surface area contributed by atoms with Gasteiger partial charge in [0.2, 0.25) is 0 Å². The Kier molecular flexibility index (Phi) is 5.47. The maximum atomic E-state index is 13.9. The van der Waals surface area contributed by atoms with Crippen molar-refractivity contribution < 1.29 is 9.18 Å². The van der Waals surface area contributed by atoms with Crippen LogP contribution in [0.25, 0.3) is 11.4 Å². The van der Waals surface area contributed by atoms with Crippen LogP contribution in [0, 0.1) is 12.7 Å². The van der Waals surface area contributed by atoms with Crippen LogP contribution in [-0.4, -0.2) is 22.0 Å². The predicted octanol–water partition coefficient (Wildman–Crippen LogP) is 5.39. The average molecular weight is 391 g/mol. The quantitative estimate of drug-likeness (QED) is 0.598.